The smallest absolute Gasteiger partial charge is 0.330 e. The van der Waals surface area contributed by atoms with Crippen molar-refractivity contribution in [2.45, 2.75) is 203 Å². The molecule has 448 valence electrons. The normalized spacial score (nSPS) is 26.6. The number of nitrogens with zero attached hydrogens (tertiary/aromatic N) is 2. The number of allylic oxidation sites excluding steroid dienone is 1. The van der Waals surface area contributed by atoms with E-state index >= 15 is 0 Å². The van der Waals surface area contributed by atoms with Crippen LogP contribution < -0.4 is 32.3 Å². The number of hydrogen-bond acceptors (Lipinski definition) is 17. The van der Waals surface area contributed by atoms with Crippen molar-refractivity contribution < 1.29 is 83.6 Å². The molecular weight excluding hydrogens is 1040 g/mol. The topological polar surface area (TPSA) is 397 Å². The fourth-order valence-corrected chi connectivity index (χ4v) is 10.4. The van der Waals surface area contributed by atoms with Crippen LogP contribution in [0.25, 0.3) is 0 Å². The Kier molecular flexibility index (Phi) is 26.7. The first-order chi connectivity index (χ1) is 37.8. The van der Waals surface area contributed by atoms with E-state index in [4.69, 9.17) is 5.73 Å². The van der Waals surface area contributed by atoms with Gasteiger partial charge in [0, 0.05) is 51.4 Å². The van der Waals surface area contributed by atoms with Crippen molar-refractivity contribution in [3.63, 3.8) is 0 Å². The van der Waals surface area contributed by atoms with Gasteiger partial charge >= 0.3 is 5.97 Å². The molecule has 25 heteroatoms. The van der Waals surface area contributed by atoms with Crippen LogP contribution in [0.15, 0.2) is 30.4 Å². The van der Waals surface area contributed by atoms with E-state index in [0.29, 0.717) is 18.3 Å². The average Bonchev–Trinajstić information content (AvgIpc) is 4.00. The number of β-amino-alcohol motifs (C(OH)–C–C–N with tert-alkyl or cyclic N) is 1. The largest absolute Gasteiger partial charge is 0.508 e. The number of unbranched alkanes of at least 4 members (excludes halogenated alkanes) is 5. The van der Waals surface area contributed by atoms with Gasteiger partial charge in [0.25, 0.3) is 0 Å². The van der Waals surface area contributed by atoms with Gasteiger partial charge < -0.3 is 82.6 Å². The fraction of sp³-hybridized carbons (Fsp3) is 0.691. The summed E-state index contributed by atoms with van der Waals surface area (Å²) in [6.45, 7) is 6.37. The van der Waals surface area contributed by atoms with Gasteiger partial charge in [-0.2, -0.15) is 0 Å². The SMILES string of the molecule is CCC(C)CC(C)CCCCCCCCC(=O)NC1C[C@@H](O)CNC(=O)[C@@H]2[C@@H](O)CCN2C(=O)[C@H]([C@@H](O)CC(N)=O)NC(=O)[C@H]([C@H](O)Cc2ccc(O)c(C/C=C\C(=O)OC)c2)NC(=O)[C@@H]2C[C@@H](O)CN2C(=O)[C@H]([C@H](C)O)NC1=O. The first-order valence-corrected chi connectivity index (χ1v) is 27.9. The maximum Gasteiger partial charge on any atom is 0.330 e. The molecule has 8 amide bonds. The highest BCUT2D eigenvalue weighted by Crippen LogP contribution is 2.26. The molecule has 3 unspecified atom stereocenters. The highest BCUT2D eigenvalue weighted by Gasteiger charge is 2.48. The molecular formula is C55H86N8O17. The van der Waals surface area contributed by atoms with Crippen LogP contribution >= 0.6 is 0 Å². The summed E-state index contributed by atoms with van der Waals surface area (Å²) in [4.78, 5) is 125. The lowest BCUT2D eigenvalue weighted by Gasteiger charge is -2.33. The number of methoxy groups -OCH3 is 1. The lowest BCUT2D eigenvalue weighted by Crippen LogP contribution is -2.64. The Balaban J connectivity index is 1.69. The Hall–Kier alpha value is -6.25. The number of primary amides is 1. The van der Waals surface area contributed by atoms with Crippen molar-refractivity contribution in [3.05, 3.63) is 41.5 Å². The first-order valence-electron chi connectivity index (χ1n) is 27.9. The van der Waals surface area contributed by atoms with Gasteiger partial charge in [0.15, 0.2) is 0 Å². The van der Waals surface area contributed by atoms with E-state index in [2.05, 4.69) is 52.1 Å². The average molecular weight is 1130 g/mol. The Morgan fingerprint density at radius 3 is 2.11 bits per heavy atom. The number of carbonyl (C=O) groups excluding carboxylic acids is 9. The molecule has 3 heterocycles. The molecule has 0 bridgehead atoms. The number of benzene rings is 1. The van der Waals surface area contributed by atoms with Gasteiger partial charge in [-0.25, -0.2) is 4.79 Å². The first kappa shape index (κ1) is 66.3. The summed E-state index contributed by atoms with van der Waals surface area (Å²) < 4.78 is 4.60. The molecule has 3 aliphatic heterocycles. The predicted molar refractivity (Wildman–Crippen MR) is 288 cm³/mol. The third kappa shape index (κ3) is 20.1. The molecule has 80 heavy (non-hydrogen) atoms. The Bertz CT molecular complexity index is 2320. The minimum Gasteiger partial charge on any atom is -0.508 e. The number of ether oxygens (including phenoxy) is 1. The van der Waals surface area contributed by atoms with Crippen LogP contribution in [0.2, 0.25) is 0 Å². The summed E-state index contributed by atoms with van der Waals surface area (Å²) in [6, 6.07) is -7.04. The van der Waals surface area contributed by atoms with Crippen molar-refractivity contribution in [1.29, 1.82) is 0 Å². The number of fused-ring (bicyclic) bond motifs is 2. The summed E-state index contributed by atoms with van der Waals surface area (Å²) in [5.41, 5.74) is 5.90. The number of phenols is 1. The number of phenolic OH excluding ortho intramolecular Hbond substituents is 1. The molecule has 0 saturated carbocycles. The van der Waals surface area contributed by atoms with Crippen LogP contribution in [0.3, 0.4) is 0 Å². The molecule has 0 aromatic heterocycles. The van der Waals surface area contributed by atoms with Crippen LogP contribution in [-0.4, -0.2) is 198 Å². The molecule has 14 atom stereocenters. The molecule has 0 radical (unpaired) electrons. The Morgan fingerprint density at radius 1 is 0.800 bits per heavy atom. The number of aliphatic hydroxyl groups is 6. The van der Waals surface area contributed by atoms with Crippen molar-refractivity contribution >= 4 is 53.2 Å². The second kappa shape index (κ2) is 32.3. The third-order valence-electron chi connectivity index (χ3n) is 15.1. The predicted octanol–water partition coefficient (Wildman–Crippen LogP) is -1.88. The zero-order chi connectivity index (χ0) is 59.4. The molecule has 3 aliphatic rings. The summed E-state index contributed by atoms with van der Waals surface area (Å²) in [7, 11) is 1.17. The Labute approximate surface area is 466 Å². The quantitative estimate of drug-likeness (QED) is 0.0324. The van der Waals surface area contributed by atoms with Gasteiger partial charge in [-0.3, -0.25) is 38.4 Å². The van der Waals surface area contributed by atoms with Crippen LogP contribution in [0.1, 0.15) is 129 Å². The number of nitrogens with one attached hydrogen (secondary N) is 5. The summed E-state index contributed by atoms with van der Waals surface area (Å²) in [6.07, 6.45) is -1.82. The zero-order valence-electron chi connectivity index (χ0n) is 46.6. The minimum absolute atomic E-state index is 0.00632. The van der Waals surface area contributed by atoms with Gasteiger partial charge in [0.05, 0.1) is 50.2 Å². The molecule has 0 aliphatic carbocycles. The second-order valence-electron chi connectivity index (χ2n) is 21.8. The summed E-state index contributed by atoms with van der Waals surface area (Å²) in [5.74, 6) is -8.23. The third-order valence-corrected chi connectivity index (χ3v) is 15.1. The number of rotatable bonds is 23. The zero-order valence-corrected chi connectivity index (χ0v) is 46.6. The molecule has 1 aromatic carbocycles. The monoisotopic (exact) mass is 1130 g/mol. The van der Waals surface area contributed by atoms with Gasteiger partial charge in [-0.15, -0.1) is 0 Å². The van der Waals surface area contributed by atoms with Crippen LogP contribution in [0, 0.1) is 11.8 Å². The van der Waals surface area contributed by atoms with Crippen LogP contribution in [-0.2, 0) is 60.7 Å². The lowest BCUT2D eigenvalue weighted by atomic mass is 9.91. The molecule has 25 nitrogen and oxygen atoms in total. The number of carbonyl (C=O) groups is 9. The second-order valence-corrected chi connectivity index (χ2v) is 21.8. The fourth-order valence-electron chi connectivity index (χ4n) is 10.4. The van der Waals surface area contributed by atoms with E-state index in [1.807, 2.05) is 0 Å². The van der Waals surface area contributed by atoms with Gasteiger partial charge in [0.2, 0.25) is 47.3 Å². The lowest BCUT2D eigenvalue weighted by molar-refractivity contribution is -0.147. The molecule has 0 spiro atoms. The number of amides is 8. The maximum atomic E-state index is 14.6. The van der Waals surface area contributed by atoms with Crippen LogP contribution in [0.5, 0.6) is 5.75 Å². The van der Waals surface area contributed by atoms with Crippen molar-refractivity contribution in [3.8, 4) is 5.75 Å². The minimum atomic E-state index is -2.15. The Morgan fingerprint density at radius 2 is 1.45 bits per heavy atom. The van der Waals surface area contributed by atoms with Gasteiger partial charge in [-0.1, -0.05) is 83.9 Å². The molecule has 3 saturated heterocycles. The van der Waals surface area contributed by atoms with E-state index < -0.39 is 165 Å². The van der Waals surface area contributed by atoms with Crippen molar-refractivity contribution in [2.24, 2.45) is 17.6 Å². The van der Waals surface area contributed by atoms with E-state index in [1.165, 1.54) is 37.8 Å². The molecule has 3 fully saturated rings. The number of aromatic hydroxyl groups is 1. The standard InChI is InChI=1S/C55H86N8O17/c1-6-30(2)22-31(3)14-11-9-7-8-10-12-16-44(72)58-37-25-35(65)28-57-53(77)49-40(68)20-21-62(49)55(79)48(42(70)27-43(56)71)61-52(76)47(41(69)24-33-18-19-39(67)34(23-33)15-13-17-45(73)80-5)60-51(75)38-26-36(66)29-63(38)54(78)46(32(4)64)59-50(37)74/h13,17-19,23,30-32,35-38,40-42,46-49,64-70H,6-12,14-16,20-22,24-29H2,1-5H3,(H2,56,71)(H,57,77)(H,58,72)(H,59,74)(H,60,75)(H,61,76)/b17-13-/t30?,31?,32-,35+,36+,37?,38-,40-,41+,42-,46-,47-,48-,49-/m0/s1. The van der Waals surface area contributed by atoms with E-state index in [9.17, 15) is 78.9 Å². The molecule has 1 aromatic rings. The van der Waals surface area contributed by atoms with E-state index in [0.717, 1.165) is 67.7 Å². The maximum absolute atomic E-state index is 14.6. The molecule has 14 N–H and O–H groups in total. The van der Waals surface area contributed by atoms with Crippen molar-refractivity contribution in [1.82, 2.24) is 36.4 Å². The van der Waals surface area contributed by atoms with Crippen LogP contribution in [0.4, 0.5) is 0 Å². The highest BCUT2D eigenvalue weighted by atomic mass is 16.5. The van der Waals surface area contributed by atoms with Gasteiger partial charge in [-0.05, 0) is 61.6 Å². The van der Waals surface area contributed by atoms with E-state index in [1.54, 1.807) is 0 Å². The number of esters is 1. The number of hydrogen-bond donors (Lipinski definition) is 13. The number of nitrogens with two attached hydrogens (primary N) is 1. The summed E-state index contributed by atoms with van der Waals surface area (Å²) in [5, 5.41) is 90.2. The number of aliphatic hydroxyl groups excluding tert-OH is 6. The van der Waals surface area contributed by atoms with Gasteiger partial charge in [0.1, 0.15) is 42.0 Å². The molecule has 4 rings (SSSR count). The summed E-state index contributed by atoms with van der Waals surface area (Å²) >= 11 is 0. The van der Waals surface area contributed by atoms with Crippen molar-refractivity contribution in [2.75, 3.05) is 26.7 Å². The highest BCUT2D eigenvalue weighted by molar-refractivity contribution is 5.98. The van der Waals surface area contributed by atoms with E-state index in [-0.39, 0.29) is 42.7 Å².